The molecule has 0 spiro atoms. The van der Waals surface area contributed by atoms with E-state index >= 15 is 0 Å². The average Bonchev–Trinajstić information content (AvgIpc) is 2.26. The molecule has 3 heteroatoms. The lowest BCUT2D eigenvalue weighted by molar-refractivity contribution is -0.0881. The van der Waals surface area contributed by atoms with Gasteiger partial charge in [-0.05, 0) is 63.3 Å². The Balaban J connectivity index is 1.73. The number of β-amino-alcohol motifs (C(OH)–C–C–N with tert-alkyl or cyclic N) is 1. The highest BCUT2D eigenvalue weighted by atomic mass is 16.3. The fourth-order valence-corrected chi connectivity index (χ4v) is 5.12. The molecule has 1 atom stereocenters. The number of aliphatic hydroxyl groups excluding tert-OH is 1. The highest BCUT2D eigenvalue weighted by molar-refractivity contribution is 5.07. The summed E-state index contributed by atoms with van der Waals surface area (Å²) in [5.41, 5.74) is 5.94. The van der Waals surface area contributed by atoms with E-state index < -0.39 is 0 Å². The lowest BCUT2D eigenvalue weighted by Crippen LogP contribution is -2.60. The molecule has 4 aliphatic carbocycles. The molecule has 0 aliphatic heterocycles. The minimum atomic E-state index is -0.354. The van der Waals surface area contributed by atoms with Crippen LogP contribution >= 0.6 is 0 Å². The van der Waals surface area contributed by atoms with Crippen LogP contribution < -0.4 is 5.73 Å². The van der Waals surface area contributed by atoms with Gasteiger partial charge in [-0.1, -0.05) is 0 Å². The zero-order valence-corrected chi connectivity index (χ0v) is 10.9. The van der Waals surface area contributed by atoms with E-state index in [0.717, 1.165) is 24.3 Å². The van der Waals surface area contributed by atoms with Crippen molar-refractivity contribution in [1.82, 2.24) is 4.90 Å². The molecule has 4 fully saturated rings. The van der Waals surface area contributed by atoms with Crippen LogP contribution in [0.3, 0.4) is 0 Å². The summed E-state index contributed by atoms with van der Waals surface area (Å²) in [6.07, 6.45) is 8.19. The Morgan fingerprint density at radius 2 is 1.65 bits per heavy atom. The van der Waals surface area contributed by atoms with E-state index in [-0.39, 0.29) is 6.10 Å². The van der Waals surface area contributed by atoms with Crippen molar-refractivity contribution in [3.63, 3.8) is 0 Å². The lowest BCUT2D eigenvalue weighted by atomic mass is 9.52. The van der Waals surface area contributed by atoms with Gasteiger partial charge in [0, 0.05) is 18.6 Å². The topological polar surface area (TPSA) is 49.5 Å². The van der Waals surface area contributed by atoms with Gasteiger partial charge in [0.25, 0.3) is 0 Å². The molecule has 0 aromatic heterocycles. The molecule has 17 heavy (non-hydrogen) atoms. The van der Waals surface area contributed by atoms with Gasteiger partial charge in [0.05, 0.1) is 6.10 Å². The predicted octanol–water partition coefficient (Wildman–Crippen LogP) is 1.21. The van der Waals surface area contributed by atoms with E-state index in [2.05, 4.69) is 11.9 Å². The molecule has 4 saturated carbocycles. The van der Waals surface area contributed by atoms with Crippen LogP contribution in [0.4, 0.5) is 0 Å². The Morgan fingerprint density at radius 3 is 2.06 bits per heavy atom. The van der Waals surface area contributed by atoms with Crippen molar-refractivity contribution in [1.29, 1.82) is 0 Å². The van der Waals surface area contributed by atoms with Gasteiger partial charge in [0.1, 0.15) is 0 Å². The van der Waals surface area contributed by atoms with Crippen molar-refractivity contribution in [2.45, 2.75) is 50.2 Å². The van der Waals surface area contributed by atoms with E-state index in [9.17, 15) is 5.11 Å². The third-order valence-electron chi connectivity index (χ3n) is 5.57. The summed E-state index contributed by atoms with van der Waals surface area (Å²) in [6, 6.07) is 0. The standard InChI is InChI=1S/C14H26N2O/c1-16(9-13(17)8-15)14-5-10-2-11(6-14)4-12(3-10)7-14/h10-13,17H,2-9,15H2,1H3. The summed E-state index contributed by atoms with van der Waals surface area (Å²) in [6.45, 7) is 1.14. The van der Waals surface area contributed by atoms with Gasteiger partial charge < -0.3 is 10.8 Å². The van der Waals surface area contributed by atoms with E-state index in [1.54, 1.807) is 0 Å². The first kappa shape index (κ1) is 11.9. The van der Waals surface area contributed by atoms with Crippen LogP contribution in [0.5, 0.6) is 0 Å². The minimum absolute atomic E-state index is 0.354. The van der Waals surface area contributed by atoms with Gasteiger partial charge in [-0.3, -0.25) is 4.90 Å². The summed E-state index contributed by atoms with van der Waals surface area (Å²) in [4.78, 5) is 2.44. The normalized spacial score (nSPS) is 45.5. The first-order valence-electron chi connectivity index (χ1n) is 7.20. The van der Waals surface area contributed by atoms with E-state index in [1.807, 2.05) is 0 Å². The van der Waals surface area contributed by atoms with Gasteiger partial charge in [0.15, 0.2) is 0 Å². The van der Waals surface area contributed by atoms with Crippen molar-refractivity contribution in [3.05, 3.63) is 0 Å². The largest absolute Gasteiger partial charge is 0.390 e. The average molecular weight is 238 g/mol. The molecule has 0 heterocycles. The Morgan fingerprint density at radius 1 is 1.18 bits per heavy atom. The number of rotatable bonds is 4. The van der Waals surface area contributed by atoms with Gasteiger partial charge in [0.2, 0.25) is 0 Å². The second kappa shape index (κ2) is 4.22. The van der Waals surface area contributed by atoms with Crippen LogP contribution in [0, 0.1) is 17.8 Å². The molecule has 4 rings (SSSR count). The van der Waals surface area contributed by atoms with Crippen LogP contribution in [-0.2, 0) is 0 Å². The SMILES string of the molecule is CN(CC(O)CN)C12CC3CC(CC(C3)C1)C2. The van der Waals surface area contributed by atoms with Crippen LogP contribution in [0.15, 0.2) is 0 Å². The Hall–Kier alpha value is -0.120. The number of nitrogens with two attached hydrogens (primary N) is 1. The molecule has 1 unspecified atom stereocenters. The molecule has 4 bridgehead atoms. The molecule has 3 N–H and O–H groups in total. The smallest absolute Gasteiger partial charge is 0.0789 e. The molecule has 0 aromatic carbocycles. The third kappa shape index (κ3) is 2.02. The van der Waals surface area contributed by atoms with Crippen LogP contribution in [0.2, 0.25) is 0 Å². The summed E-state index contributed by atoms with van der Waals surface area (Å²) in [7, 11) is 2.20. The summed E-state index contributed by atoms with van der Waals surface area (Å²) in [5, 5.41) is 9.76. The Kier molecular flexibility index (Phi) is 2.96. The molecule has 0 aromatic rings. The number of nitrogens with zero attached hydrogens (tertiary/aromatic N) is 1. The molecule has 0 amide bonds. The maximum Gasteiger partial charge on any atom is 0.0789 e. The maximum absolute atomic E-state index is 9.76. The molecular formula is C14H26N2O. The van der Waals surface area contributed by atoms with Crippen molar-refractivity contribution in [2.24, 2.45) is 23.5 Å². The number of hydrogen-bond donors (Lipinski definition) is 2. The predicted molar refractivity (Wildman–Crippen MR) is 68.6 cm³/mol. The number of hydrogen-bond acceptors (Lipinski definition) is 3. The molecule has 98 valence electrons. The monoisotopic (exact) mass is 238 g/mol. The van der Waals surface area contributed by atoms with Gasteiger partial charge in [-0.2, -0.15) is 0 Å². The summed E-state index contributed by atoms with van der Waals surface area (Å²) >= 11 is 0. The zero-order chi connectivity index (χ0) is 12.0. The van der Waals surface area contributed by atoms with Crippen LogP contribution in [-0.4, -0.2) is 41.8 Å². The lowest BCUT2D eigenvalue weighted by Gasteiger charge is -2.60. The second-order valence-electron chi connectivity index (χ2n) is 6.91. The third-order valence-corrected chi connectivity index (χ3v) is 5.57. The Bertz CT molecular complexity index is 257. The van der Waals surface area contributed by atoms with E-state index in [4.69, 9.17) is 5.73 Å². The molecule has 4 aliphatic rings. The summed E-state index contributed by atoms with van der Waals surface area (Å²) in [5.74, 6) is 2.91. The fourth-order valence-electron chi connectivity index (χ4n) is 5.12. The minimum Gasteiger partial charge on any atom is -0.390 e. The second-order valence-corrected chi connectivity index (χ2v) is 6.91. The van der Waals surface area contributed by atoms with E-state index in [1.165, 1.54) is 38.5 Å². The quantitative estimate of drug-likeness (QED) is 0.774. The van der Waals surface area contributed by atoms with E-state index in [0.29, 0.717) is 12.1 Å². The number of aliphatic hydroxyl groups is 1. The fraction of sp³-hybridized carbons (Fsp3) is 1.00. The van der Waals surface area contributed by atoms with Gasteiger partial charge >= 0.3 is 0 Å². The van der Waals surface area contributed by atoms with Crippen molar-refractivity contribution < 1.29 is 5.11 Å². The van der Waals surface area contributed by atoms with Gasteiger partial charge in [-0.25, -0.2) is 0 Å². The zero-order valence-electron chi connectivity index (χ0n) is 10.9. The van der Waals surface area contributed by atoms with Crippen molar-refractivity contribution in [2.75, 3.05) is 20.1 Å². The van der Waals surface area contributed by atoms with Crippen molar-refractivity contribution in [3.8, 4) is 0 Å². The van der Waals surface area contributed by atoms with Crippen LogP contribution in [0.1, 0.15) is 38.5 Å². The number of likely N-dealkylation sites (N-methyl/N-ethyl adjacent to an activating group) is 1. The van der Waals surface area contributed by atoms with Crippen LogP contribution in [0.25, 0.3) is 0 Å². The highest BCUT2D eigenvalue weighted by Crippen LogP contribution is 2.57. The summed E-state index contributed by atoms with van der Waals surface area (Å²) < 4.78 is 0. The first-order chi connectivity index (χ1) is 8.11. The first-order valence-corrected chi connectivity index (χ1v) is 7.20. The highest BCUT2D eigenvalue weighted by Gasteiger charge is 2.52. The van der Waals surface area contributed by atoms with Gasteiger partial charge in [-0.15, -0.1) is 0 Å². The Labute approximate surface area is 104 Å². The molecule has 0 radical (unpaired) electrons. The molecule has 0 saturated heterocycles. The molecular weight excluding hydrogens is 212 g/mol. The van der Waals surface area contributed by atoms with Crippen molar-refractivity contribution >= 4 is 0 Å². The maximum atomic E-state index is 9.76. The molecule has 3 nitrogen and oxygen atoms in total.